The second-order valence-electron chi connectivity index (χ2n) is 7.97. The Bertz CT molecular complexity index is 1230. The van der Waals surface area contributed by atoms with Crippen molar-refractivity contribution in [1.29, 1.82) is 0 Å². The number of hydrogen-bond acceptors (Lipinski definition) is 5. The first-order valence-electron chi connectivity index (χ1n) is 10.6. The minimum absolute atomic E-state index is 0.166. The highest BCUT2D eigenvalue weighted by atomic mass is 16.5. The normalized spacial score (nSPS) is 13.5. The first-order chi connectivity index (χ1) is 15.9. The van der Waals surface area contributed by atoms with Crippen LogP contribution in [0, 0.1) is 13.8 Å². The second-order valence-corrected chi connectivity index (χ2v) is 7.97. The van der Waals surface area contributed by atoms with Crippen molar-refractivity contribution < 1.29 is 19.1 Å². The van der Waals surface area contributed by atoms with E-state index < -0.39 is 0 Å². The van der Waals surface area contributed by atoms with Gasteiger partial charge in [-0.2, -0.15) is 0 Å². The monoisotopic (exact) mass is 442 g/mol. The Kier molecular flexibility index (Phi) is 6.18. The van der Waals surface area contributed by atoms with Crippen molar-refractivity contribution in [3.05, 3.63) is 94.7 Å². The molecule has 0 aliphatic carbocycles. The predicted octanol–water partition coefficient (Wildman–Crippen LogP) is 4.71. The summed E-state index contributed by atoms with van der Waals surface area (Å²) in [6.45, 7) is 4.12. The standard InChI is InChI=1S/C27H26N2O4/c1-17-5-6-18(2)23(15-17)28-25-24(20-9-13-22(33-4)14-10-20)26(30)29(27(25)31)16-19-7-11-21(32-3)12-8-19/h5-15,28H,16H2,1-4H3. The summed E-state index contributed by atoms with van der Waals surface area (Å²) in [7, 11) is 3.18. The van der Waals surface area contributed by atoms with Crippen LogP contribution in [0.1, 0.15) is 22.3 Å². The minimum atomic E-state index is -0.359. The number of amides is 2. The summed E-state index contributed by atoms with van der Waals surface area (Å²) in [5.41, 5.74) is 4.93. The number of methoxy groups -OCH3 is 2. The van der Waals surface area contributed by atoms with Crippen LogP contribution in [-0.4, -0.2) is 30.9 Å². The fourth-order valence-electron chi connectivity index (χ4n) is 3.78. The zero-order chi connectivity index (χ0) is 23.5. The number of rotatable bonds is 7. The first-order valence-corrected chi connectivity index (χ1v) is 10.6. The molecule has 33 heavy (non-hydrogen) atoms. The van der Waals surface area contributed by atoms with Crippen LogP contribution in [0.5, 0.6) is 11.5 Å². The summed E-state index contributed by atoms with van der Waals surface area (Å²) in [5, 5.41) is 3.26. The maximum Gasteiger partial charge on any atom is 0.278 e. The number of imide groups is 1. The minimum Gasteiger partial charge on any atom is -0.497 e. The van der Waals surface area contributed by atoms with E-state index in [0.29, 0.717) is 22.6 Å². The molecule has 4 rings (SSSR count). The van der Waals surface area contributed by atoms with Crippen LogP contribution in [0.4, 0.5) is 5.69 Å². The quantitative estimate of drug-likeness (QED) is 0.537. The molecule has 1 N–H and O–H groups in total. The van der Waals surface area contributed by atoms with Gasteiger partial charge in [0.05, 0.1) is 26.3 Å². The summed E-state index contributed by atoms with van der Waals surface area (Å²) < 4.78 is 10.4. The van der Waals surface area contributed by atoms with Crippen LogP contribution in [0.3, 0.4) is 0 Å². The van der Waals surface area contributed by atoms with Crippen molar-refractivity contribution in [3.8, 4) is 11.5 Å². The van der Waals surface area contributed by atoms with Crippen molar-refractivity contribution in [1.82, 2.24) is 4.90 Å². The summed E-state index contributed by atoms with van der Waals surface area (Å²) >= 11 is 0. The topological polar surface area (TPSA) is 67.9 Å². The SMILES string of the molecule is COc1ccc(CN2C(=O)C(Nc3cc(C)ccc3C)=C(c3ccc(OC)cc3)C2=O)cc1. The number of hydrogen-bond donors (Lipinski definition) is 1. The second kappa shape index (κ2) is 9.20. The highest BCUT2D eigenvalue weighted by Gasteiger charge is 2.39. The van der Waals surface area contributed by atoms with Crippen molar-refractivity contribution in [2.75, 3.05) is 19.5 Å². The molecule has 0 fully saturated rings. The van der Waals surface area contributed by atoms with E-state index in [9.17, 15) is 9.59 Å². The van der Waals surface area contributed by atoms with E-state index in [-0.39, 0.29) is 24.1 Å². The summed E-state index contributed by atoms with van der Waals surface area (Å²) in [6, 6.07) is 20.4. The molecule has 0 spiro atoms. The molecule has 0 aromatic heterocycles. The number of carbonyl (C=O) groups excluding carboxylic acids is 2. The van der Waals surface area contributed by atoms with E-state index in [0.717, 1.165) is 22.4 Å². The van der Waals surface area contributed by atoms with E-state index in [2.05, 4.69) is 5.32 Å². The molecular formula is C27H26N2O4. The molecule has 168 valence electrons. The van der Waals surface area contributed by atoms with E-state index in [1.165, 1.54) is 4.90 Å². The molecule has 2 amide bonds. The number of ether oxygens (including phenoxy) is 2. The van der Waals surface area contributed by atoms with Crippen LogP contribution in [0.2, 0.25) is 0 Å². The Labute approximate surface area is 193 Å². The van der Waals surface area contributed by atoms with Crippen molar-refractivity contribution in [2.24, 2.45) is 0 Å². The van der Waals surface area contributed by atoms with Gasteiger partial charge in [0.25, 0.3) is 11.8 Å². The van der Waals surface area contributed by atoms with Crippen molar-refractivity contribution in [3.63, 3.8) is 0 Å². The molecule has 3 aromatic carbocycles. The number of benzene rings is 3. The highest BCUT2D eigenvalue weighted by Crippen LogP contribution is 2.33. The third-order valence-corrected chi connectivity index (χ3v) is 5.70. The molecule has 3 aromatic rings. The van der Waals surface area contributed by atoms with Gasteiger partial charge in [0.2, 0.25) is 0 Å². The van der Waals surface area contributed by atoms with E-state index in [1.54, 1.807) is 38.5 Å². The molecule has 1 aliphatic heterocycles. The Hall–Kier alpha value is -4.06. The largest absolute Gasteiger partial charge is 0.497 e. The van der Waals surface area contributed by atoms with E-state index in [1.807, 2.05) is 56.3 Å². The van der Waals surface area contributed by atoms with Crippen LogP contribution in [-0.2, 0) is 16.1 Å². The average Bonchev–Trinajstić information content (AvgIpc) is 3.06. The molecule has 0 unspecified atom stereocenters. The summed E-state index contributed by atoms with van der Waals surface area (Å²) in [5.74, 6) is 0.693. The molecule has 0 radical (unpaired) electrons. The van der Waals surface area contributed by atoms with Gasteiger partial charge in [-0.3, -0.25) is 14.5 Å². The lowest BCUT2D eigenvalue weighted by Crippen LogP contribution is -2.32. The Balaban J connectivity index is 1.73. The maximum atomic E-state index is 13.5. The van der Waals surface area contributed by atoms with Crippen LogP contribution < -0.4 is 14.8 Å². The van der Waals surface area contributed by atoms with Crippen LogP contribution in [0.15, 0.2) is 72.4 Å². The fraction of sp³-hybridized carbons (Fsp3) is 0.185. The van der Waals surface area contributed by atoms with Gasteiger partial charge in [-0.1, -0.05) is 36.4 Å². The van der Waals surface area contributed by atoms with Gasteiger partial charge in [0, 0.05) is 5.69 Å². The number of nitrogens with one attached hydrogen (secondary N) is 1. The molecular weight excluding hydrogens is 416 g/mol. The van der Waals surface area contributed by atoms with Gasteiger partial charge in [-0.05, 0) is 66.4 Å². The van der Waals surface area contributed by atoms with Gasteiger partial charge in [-0.25, -0.2) is 0 Å². The zero-order valence-electron chi connectivity index (χ0n) is 19.1. The molecule has 6 nitrogen and oxygen atoms in total. The van der Waals surface area contributed by atoms with Crippen LogP contribution in [0.25, 0.3) is 5.57 Å². The van der Waals surface area contributed by atoms with Crippen molar-refractivity contribution >= 4 is 23.1 Å². The Morgan fingerprint density at radius 3 is 2.00 bits per heavy atom. The van der Waals surface area contributed by atoms with Crippen LogP contribution >= 0.6 is 0 Å². The molecule has 1 heterocycles. The lowest BCUT2D eigenvalue weighted by atomic mass is 10.0. The molecule has 0 atom stereocenters. The maximum absolute atomic E-state index is 13.5. The van der Waals surface area contributed by atoms with Gasteiger partial charge in [0.1, 0.15) is 17.2 Å². The van der Waals surface area contributed by atoms with Gasteiger partial charge in [-0.15, -0.1) is 0 Å². The lowest BCUT2D eigenvalue weighted by molar-refractivity contribution is -0.137. The van der Waals surface area contributed by atoms with E-state index >= 15 is 0 Å². The number of carbonyl (C=O) groups is 2. The first kappa shape index (κ1) is 22.1. The zero-order valence-corrected chi connectivity index (χ0v) is 19.1. The van der Waals surface area contributed by atoms with Gasteiger partial charge < -0.3 is 14.8 Å². The number of nitrogens with zero attached hydrogens (tertiary/aromatic N) is 1. The highest BCUT2D eigenvalue weighted by molar-refractivity contribution is 6.36. The van der Waals surface area contributed by atoms with Gasteiger partial charge >= 0.3 is 0 Å². The van der Waals surface area contributed by atoms with Crippen molar-refractivity contribution in [2.45, 2.75) is 20.4 Å². The molecule has 1 aliphatic rings. The number of anilines is 1. The Morgan fingerprint density at radius 1 is 0.788 bits per heavy atom. The fourth-order valence-corrected chi connectivity index (χ4v) is 3.78. The number of aryl methyl sites for hydroxylation is 2. The predicted molar refractivity (Wildman–Crippen MR) is 128 cm³/mol. The summed E-state index contributed by atoms with van der Waals surface area (Å²) in [4.78, 5) is 28.3. The summed E-state index contributed by atoms with van der Waals surface area (Å²) in [6.07, 6.45) is 0. The Morgan fingerprint density at radius 2 is 1.39 bits per heavy atom. The lowest BCUT2D eigenvalue weighted by Gasteiger charge is -2.16. The van der Waals surface area contributed by atoms with E-state index in [4.69, 9.17) is 9.47 Å². The smallest absolute Gasteiger partial charge is 0.278 e. The molecule has 0 bridgehead atoms. The van der Waals surface area contributed by atoms with Gasteiger partial charge in [0.15, 0.2) is 0 Å². The third-order valence-electron chi connectivity index (χ3n) is 5.70. The molecule has 6 heteroatoms. The third kappa shape index (κ3) is 4.46. The average molecular weight is 443 g/mol. The molecule has 0 saturated heterocycles. The molecule has 0 saturated carbocycles.